The smallest absolute Gasteiger partial charge is 0.352 e. The number of thioether (sulfide) groups is 2. The minimum absolute atomic E-state index is 0.0552. The molecule has 3 unspecified atom stereocenters. The van der Waals surface area contributed by atoms with Gasteiger partial charge in [0.2, 0.25) is 17.6 Å². The lowest BCUT2D eigenvalue weighted by molar-refractivity contribution is -0.167. The Bertz CT molecular complexity index is 1370. The SMILES string of the molecule is CC(O/N=C(/C(=O)NC1C(=O)N2C(C(=O)O)=C(CSc3nncs3)CSC12)c1nsc(N)n1)C(=O)OC(C)(C)C. The van der Waals surface area contributed by atoms with E-state index in [2.05, 4.69) is 30.0 Å². The van der Waals surface area contributed by atoms with Gasteiger partial charge in [-0.1, -0.05) is 28.3 Å². The van der Waals surface area contributed by atoms with Crippen LogP contribution in [0.25, 0.3) is 0 Å². The Labute approximate surface area is 244 Å². The molecule has 2 aromatic rings. The molecule has 19 heteroatoms. The number of rotatable bonds is 10. The van der Waals surface area contributed by atoms with Crippen LogP contribution < -0.4 is 11.1 Å². The Balaban J connectivity index is 1.48. The van der Waals surface area contributed by atoms with Gasteiger partial charge in [-0.3, -0.25) is 14.5 Å². The number of carbonyl (C=O) groups is 4. The van der Waals surface area contributed by atoms with Crippen molar-refractivity contribution in [2.24, 2.45) is 5.16 Å². The predicted octanol–water partition coefficient (Wildman–Crippen LogP) is 0.954. The van der Waals surface area contributed by atoms with Crippen molar-refractivity contribution >= 4 is 81.0 Å². The van der Waals surface area contributed by atoms with Gasteiger partial charge in [-0.15, -0.1) is 22.0 Å². The van der Waals surface area contributed by atoms with Gasteiger partial charge in [0.05, 0.1) is 0 Å². The molecule has 2 aromatic heterocycles. The number of nitrogens with one attached hydrogen (secondary N) is 1. The summed E-state index contributed by atoms with van der Waals surface area (Å²) in [5, 5.41) is 23.3. The van der Waals surface area contributed by atoms with Crippen molar-refractivity contribution in [3.63, 3.8) is 0 Å². The molecule has 2 amide bonds. The lowest BCUT2D eigenvalue weighted by Crippen LogP contribution is -2.71. The number of esters is 1. The van der Waals surface area contributed by atoms with Crippen molar-refractivity contribution in [3.05, 3.63) is 22.6 Å². The lowest BCUT2D eigenvalue weighted by atomic mass is 10.0. The van der Waals surface area contributed by atoms with E-state index >= 15 is 0 Å². The summed E-state index contributed by atoms with van der Waals surface area (Å²) in [6.45, 7) is 6.46. The summed E-state index contributed by atoms with van der Waals surface area (Å²) in [5.41, 5.74) is 6.49. The largest absolute Gasteiger partial charge is 0.477 e. The molecule has 0 saturated carbocycles. The Morgan fingerprint density at radius 1 is 1.38 bits per heavy atom. The average molecular weight is 629 g/mol. The Morgan fingerprint density at radius 3 is 2.73 bits per heavy atom. The summed E-state index contributed by atoms with van der Waals surface area (Å²) in [4.78, 5) is 61.0. The topological polar surface area (TPSA) is 212 Å². The number of hydrogen-bond donors (Lipinski definition) is 3. The number of carboxylic acids is 1. The second-order valence-electron chi connectivity index (χ2n) is 9.29. The van der Waals surface area contributed by atoms with Crippen molar-refractivity contribution in [1.82, 2.24) is 29.8 Å². The quantitative estimate of drug-likeness (QED) is 0.110. The van der Waals surface area contributed by atoms with Crippen LogP contribution in [0.4, 0.5) is 5.13 Å². The maximum atomic E-state index is 13.2. The maximum absolute atomic E-state index is 13.2. The van der Waals surface area contributed by atoms with E-state index in [1.807, 2.05) is 0 Å². The first kappa shape index (κ1) is 29.7. The number of nitrogen functional groups attached to an aromatic ring is 1. The molecule has 2 aliphatic rings. The number of aromatic nitrogens is 4. The van der Waals surface area contributed by atoms with E-state index in [9.17, 15) is 24.3 Å². The molecule has 214 valence electrons. The van der Waals surface area contributed by atoms with E-state index < -0.39 is 52.6 Å². The number of aliphatic carboxylic acids is 1. The van der Waals surface area contributed by atoms with Crippen molar-refractivity contribution in [3.8, 4) is 0 Å². The fraction of sp³-hybridized carbons (Fsp3) is 0.476. The van der Waals surface area contributed by atoms with Crippen LogP contribution in [0.5, 0.6) is 0 Å². The number of nitrogens with two attached hydrogens (primary N) is 1. The van der Waals surface area contributed by atoms with Crippen LogP contribution in [-0.2, 0) is 28.8 Å². The van der Waals surface area contributed by atoms with Crippen LogP contribution in [0.15, 0.2) is 26.3 Å². The molecule has 40 heavy (non-hydrogen) atoms. The summed E-state index contributed by atoms with van der Waals surface area (Å²) >= 11 is 4.78. The Hall–Kier alpha value is -3.29. The highest BCUT2D eigenvalue weighted by Gasteiger charge is 2.54. The molecule has 15 nitrogen and oxygen atoms in total. The number of carboxylic acid groups (broad SMARTS) is 1. The van der Waals surface area contributed by atoms with Gasteiger partial charge in [-0.25, -0.2) is 9.59 Å². The summed E-state index contributed by atoms with van der Waals surface area (Å²) in [6.07, 6.45) is -1.17. The minimum atomic E-state index is -1.25. The summed E-state index contributed by atoms with van der Waals surface area (Å²) in [5.74, 6) is -2.95. The first-order chi connectivity index (χ1) is 18.9. The predicted molar refractivity (Wildman–Crippen MR) is 148 cm³/mol. The highest BCUT2D eigenvalue weighted by Crippen LogP contribution is 2.41. The number of carbonyl (C=O) groups excluding carboxylic acids is 3. The molecule has 0 aliphatic carbocycles. The van der Waals surface area contributed by atoms with Gasteiger partial charge in [-0.2, -0.15) is 9.36 Å². The van der Waals surface area contributed by atoms with Crippen LogP contribution in [0, 0.1) is 0 Å². The molecule has 0 aromatic carbocycles. The Morgan fingerprint density at radius 2 is 2.12 bits per heavy atom. The molecule has 3 atom stereocenters. The fourth-order valence-electron chi connectivity index (χ4n) is 3.45. The number of oxime groups is 1. The minimum Gasteiger partial charge on any atom is -0.477 e. The number of nitrogens with zero attached hydrogens (tertiary/aromatic N) is 6. The number of β-lactam (4-membered cyclic amide) rings is 1. The Kier molecular flexibility index (Phi) is 8.96. The second-order valence-corrected chi connectivity index (χ2v) is 13.2. The van der Waals surface area contributed by atoms with Crippen molar-refractivity contribution in [1.29, 1.82) is 0 Å². The van der Waals surface area contributed by atoms with Gasteiger partial charge >= 0.3 is 11.9 Å². The van der Waals surface area contributed by atoms with Gasteiger partial charge in [0.15, 0.2) is 9.47 Å². The van der Waals surface area contributed by atoms with Gasteiger partial charge < -0.3 is 25.7 Å². The van der Waals surface area contributed by atoms with Gasteiger partial charge in [0, 0.05) is 23.0 Å². The average Bonchev–Trinajstić information content (AvgIpc) is 3.56. The molecule has 4 heterocycles. The van der Waals surface area contributed by atoms with E-state index in [1.165, 1.54) is 41.8 Å². The first-order valence-corrected chi connectivity index (χ1v) is 15.2. The summed E-state index contributed by atoms with van der Waals surface area (Å²) in [6, 6.07) is -1.05. The zero-order valence-electron chi connectivity index (χ0n) is 21.5. The van der Waals surface area contributed by atoms with Gasteiger partial charge in [0.25, 0.3) is 11.8 Å². The number of anilines is 1. The van der Waals surface area contributed by atoms with Crippen LogP contribution in [0.2, 0.25) is 0 Å². The standard InChI is InChI=1S/C21H24N8O7S4/c1-8(18(34)35-21(2,3)4)36-27-10(13-25-19(22)40-28-13)14(30)24-11-15(31)29-12(17(32)33)9(5-37-16(11)29)6-38-20-26-23-7-39-20/h7-8,11,16H,5-6H2,1-4H3,(H,24,30)(H,32,33)(H2,22,25,28)/b27-10+. The molecule has 1 fully saturated rings. The number of ether oxygens (including phenoxy) is 1. The molecule has 4 rings (SSSR count). The van der Waals surface area contributed by atoms with Crippen molar-refractivity contribution in [2.75, 3.05) is 17.2 Å². The molecular formula is C21H24N8O7S4. The second kappa shape index (κ2) is 12.1. The normalized spacial score (nSPS) is 19.9. The first-order valence-electron chi connectivity index (χ1n) is 11.5. The van der Waals surface area contributed by atoms with Crippen LogP contribution in [-0.4, -0.2) is 93.7 Å². The zero-order valence-corrected chi connectivity index (χ0v) is 24.8. The van der Waals surface area contributed by atoms with E-state index in [0.29, 0.717) is 21.4 Å². The van der Waals surface area contributed by atoms with Crippen molar-refractivity contribution < 1.29 is 33.9 Å². The number of amides is 2. The van der Waals surface area contributed by atoms with E-state index in [1.54, 1.807) is 26.3 Å². The molecule has 0 spiro atoms. The summed E-state index contributed by atoms with van der Waals surface area (Å²) < 4.78 is 9.90. The molecule has 0 bridgehead atoms. The van der Waals surface area contributed by atoms with Crippen LogP contribution in [0.1, 0.15) is 33.5 Å². The van der Waals surface area contributed by atoms with E-state index in [-0.39, 0.29) is 16.7 Å². The number of hydrogen-bond acceptors (Lipinski definition) is 16. The monoisotopic (exact) mass is 628 g/mol. The molecule has 0 radical (unpaired) electrons. The van der Waals surface area contributed by atoms with E-state index in [0.717, 1.165) is 16.4 Å². The molecule has 4 N–H and O–H groups in total. The van der Waals surface area contributed by atoms with Crippen molar-refractivity contribution in [2.45, 2.75) is 55.2 Å². The highest BCUT2D eigenvalue weighted by atomic mass is 32.2. The molecule has 2 aliphatic heterocycles. The highest BCUT2D eigenvalue weighted by molar-refractivity contribution is 8.01. The maximum Gasteiger partial charge on any atom is 0.352 e. The lowest BCUT2D eigenvalue weighted by Gasteiger charge is -2.49. The van der Waals surface area contributed by atoms with Gasteiger partial charge in [0.1, 0.15) is 28.2 Å². The van der Waals surface area contributed by atoms with Gasteiger partial charge in [-0.05, 0) is 33.3 Å². The molecule has 1 saturated heterocycles. The third-order valence-electron chi connectivity index (χ3n) is 5.16. The van der Waals surface area contributed by atoms with Crippen LogP contribution >= 0.6 is 46.4 Å². The fourth-order valence-corrected chi connectivity index (χ4v) is 6.86. The molecular weight excluding hydrogens is 605 g/mol. The van der Waals surface area contributed by atoms with Crippen LogP contribution in [0.3, 0.4) is 0 Å². The number of fused-ring (bicyclic) bond motifs is 1. The third-order valence-corrected chi connectivity index (χ3v) is 8.98. The van der Waals surface area contributed by atoms with E-state index in [4.69, 9.17) is 15.3 Å². The zero-order chi connectivity index (χ0) is 29.2. The summed E-state index contributed by atoms with van der Waals surface area (Å²) in [7, 11) is 0. The third kappa shape index (κ3) is 6.70.